The number of hydrogen-bond acceptors (Lipinski definition) is 3. The van der Waals surface area contributed by atoms with Gasteiger partial charge in [-0.05, 0) is 25.3 Å². The molecule has 0 heterocycles. The molecule has 0 aliphatic rings. The van der Waals surface area contributed by atoms with Gasteiger partial charge in [0.25, 0.3) is 0 Å². The Morgan fingerprint density at radius 3 is 2.56 bits per heavy atom. The molecule has 0 aliphatic carbocycles. The first-order chi connectivity index (χ1) is 13.2. The third-order valence-corrected chi connectivity index (χ3v) is 4.02. The summed E-state index contributed by atoms with van der Waals surface area (Å²) in [6.07, 6.45) is 3.61. The molecule has 1 rings (SSSR count). The predicted molar refractivity (Wildman–Crippen MR) is 112 cm³/mol. The Morgan fingerprint density at radius 2 is 1.85 bits per heavy atom. The molecular formula is C21H36N4O2. The second-order valence-electron chi connectivity index (χ2n) is 6.49. The van der Waals surface area contributed by atoms with Crippen LogP contribution in [0.3, 0.4) is 0 Å². The second kappa shape index (κ2) is 15.0. The number of carbonyl (C=O) groups excluding carboxylic acids is 1. The molecule has 0 aromatic heterocycles. The van der Waals surface area contributed by atoms with Gasteiger partial charge in [-0.2, -0.15) is 0 Å². The zero-order valence-electron chi connectivity index (χ0n) is 17.2. The van der Waals surface area contributed by atoms with E-state index in [1.54, 1.807) is 4.90 Å². The van der Waals surface area contributed by atoms with E-state index in [1.807, 2.05) is 44.3 Å². The first-order valence-electron chi connectivity index (χ1n) is 10.0. The van der Waals surface area contributed by atoms with E-state index in [2.05, 4.69) is 22.5 Å². The Bertz CT molecular complexity index is 534. The van der Waals surface area contributed by atoms with E-state index >= 15 is 0 Å². The Kier molecular flexibility index (Phi) is 12.8. The standard InChI is InChI=1S/C21H36N4O2/c1-4-6-16-27-17-10-14-23-21(22-5-2)24-15-13-20(26)25(3)18-19-11-8-7-9-12-19/h7-9,11-12H,4-6,10,13-18H2,1-3H3,(H2,22,23,24). The summed E-state index contributed by atoms with van der Waals surface area (Å²) < 4.78 is 5.54. The lowest BCUT2D eigenvalue weighted by Gasteiger charge is -2.18. The third kappa shape index (κ3) is 11.3. The third-order valence-electron chi connectivity index (χ3n) is 4.02. The number of aliphatic imine (C=N–C) groups is 1. The minimum atomic E-state index is 0.117. The molecule has 0 atom stereocenters. The number of ether oxygens (including phenoxy) is 1. The molecule has 0 fully saturated rings. The molecule has 0 unspecified atom stereocenters. The molecule has 27 heavy (non-hydrogen) atoms. The molecule has 1 aromatic carbocycles. The van der Waals surface area contributed by atoms with Crippen molar-refractivity contribution in [1.29, 1.82) is 0 Å². The summed E-state index contributed by atoms with van der Waals surface area (Å²) in [5, 5.41) is 6.44. The first kappa shape index (κ1) is 23.0. The Labute approximate surface area is 164 Å². The number of amides is 1. The maximum Gasteiger partial charge on any atom is 0.224 e. The summed E-state index contributed by atoms with van der Waals surface area (Å²) in [7, 11) is 1.84. The highest BCUT2D eigenvalue weighted by molar-refractivity contribution is 5.81. The van der Waals surface area contributed by atoms with Crippen molar-refractivity contribution in [3.63, 3.8) is 0 Å². The minimum absolute atomic E-state index is 0.117. The van der Waals surface area contributed by atoms with E-state index in [-0.39, 0.29) is 5.91 Å². The molecule has 2 N–H and O–H groups in total. The van der Waals surface area contributed by atoms with Gasteiger partial charge >= 0.3 is 0 Å². The van der Waals surface area contributed by atoms with Crippen LogP contribution in [0, 0.1) is 0 Å². The highest BCUT2D eigenvalue weighted by Gasteiger charge is 2.09. The first-order valence-corrected chi connectivity index (χ1v) is 10.0. The molecule has 0 bridgehead atoms. The summed E-state index contributed by atoms with van der Waals surface area (Å²) in [5.41, 5.74) is 1.14. The van der Waals surface area contributed by atoms with Gasteiger partial charge in [0.1, 0.15) is 0 Å². The summed E-state index contributed by atoms with van der Waals surface area (Å²) in [4.78, 5) is 18.6. The smallest absolute Gasteiger partial charge is 0.224 e. The van der Waals surface area contributed by atoms with E-state index in [0.717, 1.165) is 50.5 Å². The lowest BCUT2D eigenvalue weighted by molar-refractivity contribution is -0.130. The van der Waals surface area contributed by atoms with Crippen LogP contribution < -0.4 is 10.6 Å². The van der Waals surface area contributed by atoms with Crippen molar-refractivity contribution >= 4 is 11.9 Å². The lowest BCUT2D eigenvalue weighted by atomic mass is 10.2. The number of benzene rings is 1. The predicted octanol–water partition coefficient (Wildman–Crippen LogP) is 2.80. The van der Waals surface area contributed by atoms with Crippen molar-refractivity contribution in [2.24, 2.45) is 4.99 Å². The fourth-order valence-electron chi connectivity index (χ4n) is 2.47. The van der Waals surface area contributed by atoms with Crippen LogP contribution in [0.15, 0.2) is 35.3 Å². The van der Waals surface area contributed by atoms with E-state index in [1.165, 1.54) is 0 Å². The van der Waals surface area contributed by atoms with Crippen LogP contribution in [0.1, 0.15) is 45.1 Å². The normalized spacial score (nSPS) is 11.3. The molecular weight excluding hydrogens is 340 g/mol. The molecule has 0 radical (unpaired) electrons. The van der Waals surface area contributed by atoms with E-state index in [9.17, 15) is 4.79 Å². The second-order valence-corrected chi connectivity index (χ2v) is 6.49. The zero-order valence-corrected chi connectivity index (χ0v) is 17.2. The highest BCUT2D eigenvalue weighted by Crippen LogP contribution is 2.03. The number of nitrogens with zero attached hydrogens (tertiary/aromatic N) is 2. The van der Waals surface area contributed by atoms with Gasteiger partial charge in [0, 0.05) is 52.9 Å². The maximum absolute atomic E-state index is 12.3. The van der Waals surface area contributed by atoms with Crippen molar-refractivity contribution in [2.45, 2.75) is 46.1 Å². The number of hydrogen-bond donors (Lipinski definition) is 2. The molecule has 0 spiro atoms. The molecule has 1 amide bonds. The molecule has 6 heteroatoms. The number of unbranched alkanes of at least 4 members (excludes halogenated alkanes) is 1. The molecule has 1 aromatic rings. The molecule has 0 saturated heterocycles. The van der Waals surface area contributed by atoms with Crippen LogP contribution >= 0.6 is 0 Å². The van der Waals surface area contributed by atoms with E-state index in [0.29, 0.717) is 26.1 Å². The van der Waals surface area contributed by atoms with Gasteiger partial charge in [-0.3, -0.25) is 9.79 Å². The van der Waals surface area contributed by atoms with Gasteiger partial charge in [-0.1, -0.05) is 43.7 Å². The van der Waals surface area contributed by atoms with E-state index in [4.69, 9.17) is 4.74 Å². The summed E-state index contributed by atoms with van der Waals surface area (Å²) in [6, 6.07) is 10.0. The van der Waals surface area contributed by atoms with Crippen LogP contribution in [0.2, 0.25) is 0 Å². The van der Waals surface area contributed by atoms with Gasteiger partial charge in [0.15, 0.2) is 5.96 Å². The van der Waals surface area contributed by atoms with Crippen LogP contribution in [0.4, 0.5) is 0 Å². The van der Waals surface area contributed by atoms with Crippen molar-refractivity contribution in [3.05, 3.63) is 35.9 Å². The summed E-state index contributed by atoms with van der Waals surface area (Å²) in [5.74, 6) is 0.871. The number of rotatable bonds is 13. The lowest BCUT2D eigenvalue weighted by Crippen LogP contribution is -2.39. The minimum Gasteiger partial charge on any atom is -0.381 e. The maximum atomic E-state index is 12.3. The fraction of sp³-hybridized carbons (Fsp3) is 0.619. The van der Waals surface area contributed by atoms with Gasteiger partial charge in [-0.15, -0.1) is 0 Å². The molecule has 6 nitrogen and oxygen atoms in total. The topological polar surface area (TPSA) is 66.0 Å². The Morgan fingerprint density at radius 1 is 1.11 bits per heavy atom. The number of nitrogens with one attached hydrogen (secondary N) is 2. The quantitative estimate of drug-likeness (QED) is 0.316. The summed E-state index contributed by atoms with van der Waals surface area (Å²) >= 11 is 0. The van der Waals surface area contributed by atoms with Gasteiger partial charge in [-0.25, -0.2) is 0 Å². The van der Waals surface area contributed by atoms with Crippen molar-refractivity contribution in [2.75, 3.05) is 39.9 Å². The van der Waals surface area contributed by atoms with Crippen LogP contribution in [0.25, 0.3) is 0 Å². The zero-order chi connectivity index (χ0) is 19.7. The van der Waals surface area contributed by atoms with Gasteiger partial charge in [0.2, 0.25) is 5.91 Å². The molecule has 152 valence electrons. The number of guanidine groups is 1. The van der Waals surface area contributed by atoms with Gasteiger partial charge in [0.05, 0.1) is 0 Å². The van der Waals surface area contributed by atoms with Crippen LogP contribution in [-0.4, -0.2) is 56.7 Å². The average Bonchev–Trinajstić information content (AvgIpc) is 2.67. The van der Waals surface area contributed by atoms with Gasteiger partial charge < -0.3 is 20.3 Å². The van der Waals surface area contributed by atoms with Crippen molar-refractivity contribution in [1.82, 2.24) is 15.5 Å². The highest BCUT2D eigenvalue weighted by atomic mass is 16.5. The number of carbonyl (C=O) groups is 1. The Hall–Kier alpha value is -2.08. The SMILES string of the molecule is CCCCOCCCN=C(NCC)NCCC(=O)N(C)Cc1ccccc1. The molecule has 0 aliphatic heterocycles. The van der Waals surface area contributed by atoms with Crippen molar-refractivity contribution < 1.29 is 9.53 Å². The summed E-state index contributed by atoms with van der Waals surface area (Å²) in [6.45, 7) is 8.46. The largest absolute Gasteiger partial charge is 0.381 e. The van der Waals surface area contributed by atoms with E-state index < -0.39 is 0 Å². The average molecular weight is 377 g/mol. The van der Waals surface area contributed by atoms with Crippen molar-refractivity contribution in [3.8, 4) is 0 Å². The van der Waals surface area contributed by atoms with Crippen LogP contribution in [0.5, 0.6) is 0 Å². The Balaban J connectivity index is 2.26. The fourth-order valence-corrected chi connectivity index (χ4v) is 2.47. The monoisotopic (exact) mass is 376 g/mol. The van der Waals surface area contributed by atoms with Crippen LogP contribution in [-0.2, 0) is 16.1 Å². The molecule has 0 saturated carbocycles.